The summed E-state index contributed by atoms with van der Waals surface area (Å²) in [5.74, 6) is 1.72. The first-order valence-corrected chi connectivity index (χ1v) is 11.8. The first kappa shape index (κ1) is 27.1. The fourth-order valence-corrected chi connectivity index (χ4v) is 4.58. The zero-order valence-electron chi connectivity index (χ0n) is 19.6. The third kappa shape index (κ3) is 7.74. The Balaban J connectivity index is 0.00000363. The van der Waals surface area contributed by atoms with Crippen molar-refractivity contribution in [3.8, 4) is 5.75 Å². The first-order chi connectivity index (χ1) is 15.2. The summed E-state index contributed by atoms with van der Waals surface area (Å²) < 4.78 is 11.0. The normalized spacial score (nSPS) is 22.8. The van der Waals surface area contributed by atoms with E-state index in [9.17, 15) is 5.11 Å². The number of rotatable bonds is 10. The maximum atomic E-state index is 9.49. The van der Waals surface area contributed by atoms with Gasteiger partial charge in [0.1, 0.15) is 5.75 Å². The number of halogens is 1. The van der Waals surface area contributed by atoms with E-state index >= 15 is 0 Å². The topological polar surface area (TPSA) is 78.4 Å². The molecule has 2 saturated heterocycles. The molecule has 2 heterocycles. The minimum Gasteiger partial charge on any atom is -0.497 e. The van der Waals surface area contributed by atoms with Crippen molar-refractivity contribution in [1.29, 1.82) is 0 Å². The average Bonchev–Trinajstić information content (AvgIpc) is 3.27. The molecule has 0 bridgehead atoms. The molecule has 2 unspecified atom stereocenters. The first-order valence-electron chi connectivity index (χ1n) is 11.8. The molecule has 182 valence electrons. The molecule has 1 aromatic rings. The summed E-state index contributed by atoms with van der Waals surface area (Å²) in [5, 5.41) is 16.5. The molecule has 2 aliphatic rings. The number of aliphatic imine (C=N–C) groups is 1. The molecule has 2 fully saturated rings. The standard InChI is InChI=1S/C24H40N4O3.HI/c1-3-25-23(27-18-24(11-15-29)12-16-31-19-24)26-17-22(28-13-5-4-6-14-28)20-7-9-21(30-2)10-8-20;/h7-10,22,29H,3-6,11-19H2,1-2H3,(H2,25,26,27);1H. The van der Waals surface area contributed by atoms with Gasteiger partial charge >= 0.3 is 0 Å². The van der Waals surface area contributed by atoms with Crippen LogP contribution in [-0.4, -0.2) is 75.6 Å². The fourth-order valence-electron chi connectivity index (χ4n) is 4.58. The van der Waals surface area contributed by atoms with Crippen molar-refractivity contribution < 1.29 is 14.6 Å². The van der Waals surface area contributed by atoms with Gasteiger partial charge in [-0.05, 0) is 63.4 Å². The van der Waals surface area contributed by atoms with Crippen LogP contribution in [0, 0.1) is 5.41 Å². The van der Waals surface area contributed by atoms with Crippen LogP contribution in [0.5, 0.6) is 5.75 Å². The number of nitrogens with zero attached hydrogens (tertiary/aromatic N) is 2. The molecule has 2 aliphatic heterocycles. The summed E-state index contributed by atoms with van der Waals surface area (Å²) in [6, 6.07) is 8.73. The maximum absolute atomic E-state index is 9.49. The van der Waals surface area contributed by atoms with E-state index in [0.717, 1.165) is 57.3 Å². The Morgan fingerprint density at radius 3 is 2.56 bits per heavy atom. The van der Waals surface area contributed by atoms with Crippen LogP contribution in [0.15, 0.2) is 29.3 Å². The third-order valence-corrected chi connectivity index (χ3v) is 6.54. The number of aliphatic hydroxyl groups is 1. The van der Waals surface area contributed by atoms with Crippen molar-refractivity contribution in [2.45, 2.75) is 45.1 Å². The monoisotopic (exact) mass is 560 g/mol. The van der Waals surface area contributed by atoms with E-state index in [4.69, 9.17) is 14.5 Å². The van der Waals surface area contributed by atoms with E-state index in [2.05, 4.69) is 34.6 Å². The SMILES string of the molecule is CCNC(=NCC1(CCO)CCOC1)NCC(c1ccc(OC)cc1)N1CCCCC1.I. The van der Waals surface area contributed by atoms with Crippen LogP contribution in [-0.2, 0) is 4.74 Å². The largest absolute Gasteiger partial charge is 0.497 e. The van der Waals surface area contributed by atoms with Gasteiger partial charge in [0.2, 0.25) is 0 Å². The summed E-state index contributed by atoms with van der Waals surface area (Å²) in [7, 11) is 1.71. The highest BCUT2D eigenvalue weighted by Crippen LogP contribution is 2.32. The number of nitrogens with one attached hydrogen (secondary N) is 2. The molecule has 7 nitrogen and oxygen atoms in total. The van der Waals surface area contributed by atoms with E-state index in [1.807, 2.05) is 12.1 Å². The number of aliphatic hydroxyl groups excluding tert-OH is 1. The van der Waals surface area contributed by atoms with Gasteiger partial charge < -0.3 is 25.2 Å². The average molecular weight is 561 g/mol. The van der Waals surface area contributed by atoms with Gasteiger partial charge in [-0.2, -0.15) is 0 Å². The predicted molar refractivity (Wildman–Crippen MR) is 140 cm³/mol. The van der Waals surface area contributed by atoms with Gasteiger partial charge in [0.05, 0.1) is 26.3 Å². The van der Waals surface area contributed by atoms with Gasteiger partial charge in [-0.25, -0.2) is 0 Å². The van der Waals surface area contributed by atoms with Gasteiger partial charge in [0.15, 0.2) is 5.96 Å². The van der Waals surface area contributed by atoms with Gasteiger partial charge in [-0.3, -0.25) is 9.89 Å². The Bertz CT molecular complexity index is 674. The van der Waals surface area contributed by atoms with Crippen LogP contribution in [0.1, 0.15) is 50.6 Å². The fraction of sp³-hybridized carbons (Fsp3) is 0.708. The summed E-state index contributed by atoms with van der Waals surface area (Å²) in [6.45, 7) is 8.23. The molecule has 32 heavy (non-hydrogen) atoms. The van der Waals surface area contributed by atoms with Crippen molar-refractivity contribution in [2.75, 3.05) is 59.7 Å². The van der Waals surface area contributed by atoms with E-state index in [1.54, 1.807) is 7.11 Å². The van der Waals surface area contributed by atoms with Crippen molar-refractivity contribution in [3.05, 3.63) is 29.8 Å². The number of likely N-dealkylation sites (tertiary alicyclic amines) is 1. The molecule has 2 atom stereocenters. The summed E-state index contributed by atoms with van der Waals surface area (Å²) >= 11 is 0. The Morgan fingerprint density at radius 1 is 1.22 bits per heavy atom. The summed E-state index contributed by atoms with van der Waals surface area (Å²) in [6.07, 6.45) is 5.52. The van der Waals surface area contributed by atoms with Gasteiger partial charge in [-0.1, -0.05) is 18.6 Å². The molecule has 0 aliphatic carbocycles. The zero-order chi connectivity index (χ0) is 21.9. The predicted octanol–water partition coefficient (Wildman–Crippen LogP) is 3.18. The quantitative estimate of drug-likeness (QED) is 0.232. The molecular formula is C24H41IN4O3. The van der Waals surface area contributed by atoms with E-state index in [-0.39, 0.29) is 42.0 Å². The lowest BCUT2D eigenvalue weighted by molar-refractivity contribution is 0.131. The Kier molecular flexibility index (Phi) is 12.1. The lowest BCUT2D eigenvalue weighted by atomic mass is 9.84. The second kappa shape index (κ2) is 14.2. The van der Waals surface area contributed by atoms with Crippen molar-refractivity contribution in [1.82, 2.24) is 15.5 Å². The minimum atomic E-state index is -0.0423. The van der Waals surface area contributed by atoms with Crippen molar-refractivity contribution in [3.63, 3.8) is 0 Å². The summed E-state index contributed by atoms with van der Waals surface area (Å²) in [5.41, 5.74) is 1.26. The van der Waals surface area contributed by atoms with Crippen LogP contribution < -0.4 is 15.4 Å². The van der Waals surface area contributed by atoms with E-state index in [0.29, 0.717) is 13.2 Å². The summed E-state index contributed by atoms with van der Waals surface area (Å²) in [4.78, 5) is 7.47. The third-order valence-electron chi connectivity index (χ3n) is 6.54. The molecule has 0 saturated carbocycles. The van der Waals surface area contributed by atoms with Crippen LogP contribution in [0.3, 0.4) is 0 Å². The number of piperidine rings is 1. The lowest BCUT2D eigenvalue weighted by Gasteiger charge is -2.35. The van der Waals surface area contributed by atoms with E-state index in [1.165, 1.54) is 24.8 Å². The number of hydrogen-bond donors (Lipinski definition) is 3. The number of hydrogen-bond acceptors (Lipinski definition) is 5. The molecule has 8 heteroatoms. The van der Waals surface area contributed by atoms with Crippen LogP contribution >= 0.6 is 24.0 Å². The Hall–Kier alpha value is -1.10. The highest BCUT2D eigenvalue weighted by atomic mass is 127. The molecule has 0 spiro atoms. The van der Waals surface area contributed by atoms with Crippen LogP contribution in [0.2, 0.25) is 0 Å². The maximum Gasteiger partial charge on any atom is 0.191 e. The highest BCUT2D eigenvalue weighted by molar-refractivity contribution is 14.0. The molecular weight excluding hydrogens is 519 g/mol. The lowest BCUT2D eigenvalue weighted by Crippen LogP contribution is -2.45. The van der Waals surface area contributed by atoms with Crippen molar-refractivity contribution >= 4 is 29.9 Å². The molecule has 0 aromatic heterocycles. The van der Waals surface area contributed by atoms with Crippen molar-refractivity contribution in [2.24, 2.45) is 10.4 Å². The van der Waals surface area contributed by atoms with Gasteiger partial charge in [0.25, 0.3) is 0 Å². The molecule has 3 N–H and O–H groups in total. The highest BCUT2D eigenvalue weighted by Gasteiger charge is 2.34. The Labute approximate surface area is 210 Å². The van der Waals surface area contributed by atoms with Crippen LogP contribution in [0.25, 0.3) is 0 Å². The Morgan fingerprint density at radius 2 is 1.97 bits per heavy atom. The minimum absolute atomic E-state index is 0. The number of guanidine groups is 1. The molecule has 0 radical (unpaired) electrons. The number of benzene rings is 1. The zero-order valence-corrected chi connectivity index (χ0v) is 22.0. The van der Waals surface area contributed by atoms with E-state index < -0.39 is 0 Å². The smallest absolute Gasteiger partial charge is 0.191 e. The second-order valence-electron chi connectivity index (χ2n) is 8.74. The molecule has 1 aromatic carbocycles. The van der Waals surface area contributed by atoms with Crippen LogP contribution in [0.4, 0.5) is 0 Å². The second-order valence-corrected chi connectivity index (χ2v) is 8.74. The van der Waals surface area contributed by atoms with Gasteiger partial charge in [-0.15, -0.1) is 24.0 Å². The number of ether oxygens (including phenoxy) is 2. The molecule has 3 rings (SSSR count). The molecule has 0 amide bonds. The van der Waals surface area contributed by atoms with Gasteiger partial charge in [0, 0.05) is 31.7 Å². The number of methoxy groups -OCH3 is 1.